The van der Waals surface area contributed by atoms with Crippen LogP contribution < -0.4 is 11.1 Å². The summed E-state index contributed by atoms with van der Waals surface area (Å²) in [5.41, 5.74) is 6.92. The smallest absolute Gasteiger partial charge is 0.228 e. The molecule has 2 rings (SSSR count). The Morgan fingerprint density at radius 1 is 1.35 bits per heavy atom. The van der Waals surface area contributed by atoms with Crippen LogP contribution in [0.25, 0.3) is 0 Å². The van der Waals surface area contributed by atoms with Crippen molar-refractivity contribution in [2.24, 2.45) is 11.7 Å². The van der Waals surface area contributed by atoms with Crippen molar-refractivity contribution in [1.29, 1.82) is 0 Å². The number of rotatable bonds is 6. The Labute approximate surface area is 125 Å². The van der Waals surface area contributed by atoms with Crippen molar-refractivity contribution in [3.05, 3.63) is 10.6 Å². The van der Waals surface area contributed by atoms with E-state index in [1.807, 2.05) is 13.8 Å². The average Bonchev–Trinajstić information content (AvgIpc) is 2.80. The van der Waals surface area contributed by atoms with Gasteiger partial charge in [-0.3, -0.25) is 4.79 Å². The van der Waals surface area contributed by atoms with E-state index < -0.39 is 0 Å². The number of carbonyl (C=O) groups is 1. The SMILES string of the molecule is CC(N)CCCC(C)C(=O)Nc1nc2c(s1)CCCC2. The molecule has 1 aliphatic carbocycles. The number of nitrogens with zero attached hydrogens (tertiary/aromatic N) is 1. The van der Waals surface area contributed by atoms with Crippen molar-refractivity contribution in [1.82, 2.24) is 4.98 Å². The molecule has 0 aromatic carbocycles. The zero-order valence-corrected chi connectivity index (χ0v) is 13.3. The molecule has 0 radical (unpaired) electrons. The normalized spacial score (nSPS) is 17.4. The molecule has 112 valence electrons. The van der Waals surface area contributed by atoms with Gasteiger partial charge in [-0.2, -0.15) is 0 Å². The molecule has 2 atom stereocenters. The van der Waals surface area contributed by atoms with Crippen LogP contribution in [0.15, 0.2) is 0 Å². The molecule has 3 N–H and O–H groups in total. The van der Waals surface area contributed by atoms with E-state index in [0.717, 1.165) is 37.2 Å². The summed E-state index contributed by atoms with van der Waals surface area (Å²) in [6, 6.07) is 0.218. The number of carbonyl (C=O) groups excluding carboxylic acids is 1. The predicted molar refractivity (Wildman–Crippen MR) is 84.1 cm³/mol. The van der Waals surface area contributed by atoms with Gasteiger partial charge in [0.2, 0.25) is 5.91 Å². The monoisotopic (exact) mass is 295 g/mol. The van der Waals surface area contributed by atoms with Crippen LogP contribution in [0.1, 0.15) is 56.5 Å². The number of nitrogens with two attached hydrogens (primary N) is 1. The summed E-state index contributed by atoms with van der Waals surface area (Å²) in [5.74, 6) is 0.107. The maximum absolute atomic E-state index is 12.1. The van der Waals surface area contributed by atoms with Gasteiger partial charge in [-0.1, -0.05) is 13.3 Å². The van der Waals surface area contributed by atoms with E-state index in [9.17, 15) is 4.79 Å². The highest BCUT2D eigenvalue weighted by Gasteiger charge is 2.18. The van der Waals surface area contributed by atoms with Crippen LogP contribution in [-0.2, 0) is 17.6 Å². The first-order valence-corrected chi connectivity index (χ1v) is 8.43. The third-order valence-electron chi connectivity index (χ3n) is 3.82. The third-order valence-corrected chi connectivity index (χ3v) is 4.89. The maximum Gasteiger partial charge on any atom is 0.228 e. The van der Waals surface area contributed by atoms with E-state index >= 15 is 0 Å². The molecule has 1 aromatic heterocycles. The van der Waals surface area contributed by atoms with Crippen molar-refractivity contribution >= 4 is 22.4 Å². The minimum atomic E-state index is 0.0229. The van der Waals surface area contributed by atoms with E-state index in [-0.39, 0.29) is 17.9 Å². The lowest BCUT2D eigenvalue weighted by molar-refractivity contribution is -0.119. The molecule has 1 amide bonds. The van der Waals surface area contributed by atoms with Gasteiger partial charge in [0.15, 0.2) is 5.13 Å². The maximum atomic E-state index is 12.1. The molecule has 0 saturated carbocycles. The number of thiazole rings is 1. The second-order valence-corrected chi connectivity index (χ2v) is 6.98. The molecule has 4 nitrogen and oxygen atoms in total. The molecule has 0 spiro atoms. The molecule has 0 aliphatic heterocycles. The largest absolute Gasteiger partial charge is 0.328 e. The molecule has 1 aromatic rings. The number of nitrogens with one attached hydrogen (secondary N) is 1. The minimum Gasteiger partial charge on any atom is -0.328 e. The Morgan fingerprint density at radius 2 is 2.10 bits per heavy atom. The van der Waals surface area contributed by atoms with Gasteiger partial charge in [0.25, 0.3) is 0 Å². The summed E-state index contributed by atoms with van der Waals surface area (Å²) < 4.78 is 0. The van der Waals surface area contributed by atoms with Gasteiger partial charge in [-0.25, -0.2) is 4.98 Å². The van der Waals surface area contributed by atoms with Crippen LogP contribution in [0.4, 0.5) is 5.13 Å². The van der Waals surface area contributed by atoms with E-state index in [0.29, 0.717) is 0 Å². The Morgan fingerprint density at radius 3 is 2.80 bits per heavy atom. The first-order chi connectivity index (χ1) is 9.56. The molecule has 2 unspecified atom stereocenters. The fourth-order valence-corrected chi connectivity index (χ4v) is 3.56. The molecule has 1 heterocycles. The fourth-order valence-electron chi connectivity index (χ4n) is 2.51. The van der Waals surface area contributed by atoms with E-state index in [4.69, 9.17) is 5.73 Å². The van der Waals surface area contributed by atoms with Gasteiger partial charge in [-0.05, 0) is 45.4 Å². The van der Waals surface area contributed by atoms with Gasteiger partial charge >= 0.3 is 0 Å². The number of aromatic nitrogens is 1. The molecule has 1 aliphatic rings. The van der Waals surface area contributed by atoms with Gasteiger partial charge in [0, 0.05) is 16.8 Å². The van der Waals surface area contributed by atoms with Crippen LogP contribution in [0.2, 0.25) is 0 Å². The molecule has 0 fully saturated rings. The molecule has 20 heavy (non-hydrogen) atoms. The van der Waals surface area contributed by atoms with Gasteiger partial charge in [-0.15, -0.1) is 11.3 Å². The Hall–Kier alpha value is -0.940. The number of hydrogen-bond acceptors (Lipinski definition) is 4. The zero-order valence-electron chi connectivity index (χ0n) is 12.4. The number of amides is 1. The topological polar surface area (TPSA) is 68.0 Å². The number of fused-ring (bicyclic) bond motifs is 1. The lowest BCUT2D eigenvalue weighted by Crippen LogP contribution is -2.21. The van der Waals surface area contributed by atoms with Crippen LogP contribution in [0, 0.1) is 5.92 Å². The highest BCUT2D eigenvalue weighted by Crippen LogP contribution is 2.29. The zero-order chi connectivity index (χ0) is 14.5. The van der Waals surface area contributed by atoms with Crippen molar-refractivity contribution in [3.8, 4) is 0 Å². The molecular formula is C15H25N3OS. The summed E-state index contributed by atoms with van der Waals surface area (Å²) in [5, 5.41) is 3.75. The highest BCUT2D eigenvalue weighted by atomic mass is 32.1. The molecule has 0 bridgehead atoms. The van der Waals surface area contributed by atoms with Crippen LogP contribution >= 0.6 is 11.3 Å². The standard InChI is InChI=1S/C15H25N3OS/c1-10(6-5-7-11(2)16)14(19)18-15-17-12-8-3-4-9-13(12)20-15/h10-11H,3-9,16H2,1-2H3,(H,17,18,19). The van der Waals surface area contributed by atoms with Crippen molar-refractivity contribution in [2.75, 3.05) is 5.32 Å². The molecule has 0 saturated heterocycles. The van der Waals surface area contributed by atoms with E-state index in [1.165, 1.54) is 23.4 Å². The van der Waals surface area contributed by atoms with Crippen molar-refractivity contribution < 1.29 is 4.79 Å². The Balaban J connectivity index is 1.82. The summed E-state index contributed by atoms with van der Waals surface area (Å²) in [6.07, 6.45) is 7.51. The quantitative estimate of drug-likeness (QED) is 0.847. The second-order valence-electron chi connectivity index (χ2n) is 5.89. The first kappa shape index (κ1) is 15.4. The summed E-state index contributed by atoms with van der Waals surface area (Å²) in [7, 11) is 0. The van der Waals surface area contributed by atoms with Crippen LogP contribution in [-0.4, -0.2) is 16.9 Å². The Bertz CT molecular complexity index is 432. The number of aryl methyl sites for hydroxylation is 2. The summed E-state index contributed by atoms with van der Waals surface area (Å²) in [6.45, 7) is 3.98. The molecular weight excluding hydrogens is 270 g/mol. The van der Waals surface area contributed by atoms with Gasteiger partial charge in [0.05, 0.1) is 5.69 Å². The fraction of sp³-hybridized carbons (Fsp3) is 0.733. The third kappa shape index (κ3) is 4.28. The van der Waals surface area contributed by atoms with E-state index in [2.05, 4.69) is 10.3 Å². The molecule has 5 heteroatoms. The summed E-state index contributed by atoms with van der Waals surface area (Å²) in [4.78, 5) is 18.0. The highest BCUT2D eigenvalue weighted by molar-refractivity contribution is 7.15. The minimum absolute atomic E-state index is 0.0229. The van der Waals surface area contributed by atoms with Crippen molar-refractivity contribution in [2.45, 2.75) is 64.8 Å². The predicted octanol–water partition coefficient (Wildman–Crippen LogP) is 3.11. The summed E-state index contributed by atoms with van der Waals surface area (Å²) >= 11 is 1.65. The first-order valence-electron chi connectivity index (χ1n) is 7.61. The van der Waals surface area contributed by atoms with Crippen molar-refractivity contribution in [3.63, 3.8) is 0 Å². The van der Waals surface area contributed by atoms with Gasteiger partial charge in [0.1, 0.15) is 0 Å². The number of anilines is 1. The lowest BCUT2D eigenvalue weighted by Gasteiger charge is -2.11. The Kier molecular flexibility index (Phi) is 5.54. The van der Waals surface area contributed by atoms with Gasteiger partial charge < -0.3 is 11.1 Å². The van der Waals surface area contributed by atoms with Crippen LogP contribution in [0.5, 0.6) is 0 Å². The van der Waals surface area contributed by atoms with Crippen LogP contribution in [0.3, 0.4) is 0 Å². The number of hydrogen-bond donors (Lipinski definition) is 2. The lowest BCUT2D eigenvalue weighted by atomic mass is 10.0. The average molecular weight is 295 g/mol. The second kappa shape index (κ2) is 7.18. The van der Waals surface area contributed by atoms with E-state index in [1.54, 1.807) is 11.3 Å².